The first-order valence-corrected chi connectivity index (χ1v) is 10.6. The van der Waals surface area contributed by atoms with Crippen LogP contribution in [0.4, 0.5) is 0 Å². The second-order valence-corrected chi connectivity index (χ2v) is 7.89. The van der Waals surface area contributed by atoms with Crippen LogP contribution >= 0.6 is 11.8 Å². The molecule has 0 spiro atoms. The van der Waals surface area contributed by atoms with Gasteiger partial charge in [0.1, 0.15) is 11.7 Å². The molecule has 0 saturated heterocycles. The lowest BCUT2D eigenvalue weighted by molar-refractivity contribution is -0.113. The highest BCUT2D eigenvalue weighted by Crippen LogP contribution is 2.37. The van der Waals surface area contributed by atoms with E-state index in [0.717, 1.165) is 16.9 Å². The van der Waals surface area contributed by atoms with Crippen LogP contribution in [-0.4, -0.2) is 23.8 Å². The summed E-state index contributed by atoms with van der Waals surface area (Å²) in [6.45, 7) is 1.93. The van der Waals surface area contributed by atoms with E-state index >= 15 is 0 Å². The molecule has 0 saturated carbocycles. The lowest BCUT2D eigenvalue weighted by Gasteiger charge is -2.26. The van der Waals surface area contributed by atoms with E-state index in [-0.39, 0.29) is 16.8 Å². The van der Waals surface area contributed by atoms with Gasteiger partial charge in [-0.2, -0.15) is 0 Å². The van der Waals surface area contributed by atoms with Gasteiger partial charge in [0.2, 0.25) is 5.12 Å². The molecule has 0 aliphatic carbocycles. The SMILES string of the molecule is CCSC(=O)C(C(=O)c1ccccc1)C(c1ccccc1)c1ccc(OC)cc1. The fourth-order valence-corrected chi connectivity index (χ4v) is 4.16. The quantitative estimate of drug-likeness (QED) is 0.362. The minimum atomic E-state index is -0.807. The van der Waals surface area contributed by atoms with E-state index < -0.39 is 5.92 Å². The van der Waals surface area contributed by atoms with Crippen LogP contribution in [0, 0.1) is 5.92 Å². The molecule has 0 amide bonds. The Bertz CT molecular complexity index is 937. The number of thioether (sulfide) groups is 1. The molecule has 0 aliphatic rings. The first kappa shape index (κ1) is 20.9. The average Bonchev–Trinajstić information content (AvgIpc) is 2.78. The Morgan fingerprint density at radius 3 is 1.93 bits per heavy atom. The fourth-order valence-electron chi connectivity index (χ4n) is 3.46. The van der Waals surface area contributed by atoms with Crippen molar-refractivity contribution in [1.82, 2.24) is 0 Å². The Morgan fingerprint density at radius 2 is 1.38 bits per heavy atom. The molecular weight excluding hydrogens is 380 g/mol. The molecule has 148 valence electrons. The Balaban J connectivity index is 2.13. The molecule has 0 aliphatic heterocycles. The van der Waals surface area contributed by atoms with E-state index in [2.05, 4.69) is 0 Å². The van der Waals surface area contributed by atoms with Crippen molar-refractivity contribution in [2.75, 3.05) is 12.9 Å². The number of methoxy groups -OCH3 is 1. The van der Waals surface area contributed by atoms with Crippen molar-refractivity contribution < 1.29 is 14.3 Å². The van der Waals surface area contributed by atoms with Gasteiger partial charge in [0.05, 0.1) is 7.11 Å². The summed E-state index contributed by atoms with van der Waals surface area (Å²) in [7, 11) is 1.62. The predicted molar refractivity (Wildman–Crippen MR) is 119 cm³/mol. The van der Waals surface area contributed by atoms with Crippen molar-refractivity contribution in [3.63, 3.8) is 0 Å². The Kier molecular flexibility index (Phi) is 7.25. The van der Waals surface area contributed by atoms with Crippen molar-refractivity contribution >= 4 is 22.7 Å². The third-order valence-corrected chi connectivity index (χ3v) is 5.68. The molecule has 2 atom stereocenters. The maximum atomic E-state index is 13.5. The molecule has 0 radical (unpaired) electrons. The summed E-state index contributed by atoms with van der Waals surface area (Å²) in [6, 6.07) is 26.4. The van der Waals surface area contributed by atoms with E-state index in [9.17, 15) is 9.59 Å². The fraction of sp³-hybridized carbons (Fsp3) is 0.200. The number of rotatable bonds is 8. The van der Waals surface area contributed by atoms with Crippen LogP contribution in [0.1, 0.15) is 34.3 Å². The summed E-state index contributed by atoms with van der Waals surface area (Å²) < 4.78 is 5.28. The molecule has 0 N–H and O–H groups in total. The summed E-state index contributed by atoms with van der Waals surface area (Å²) in [5.41, 5.74) is 2.41. The van der Waals surface area contributed by atoms with Gasteiger partial charge < -0.3 is 4.74 Å². The van der Waals surface area contributed by atoms with Crippen LogP contribution in [0.25, 0.3) is 0 Å². The van der Waals surface area contributed by atoms with Gasteiger partial charge in [-0.25, -0.2) is 0 Å². The Hall–Kier alpha value is -2.85. The third kappa shape index (κ3) is 4.96. The monoisotopic (exact) mass is 404 g/mol. The summed E-state index contributed by atoms with van der Waals surface area (Å²) in [5, 5.41) is -0.106. The van der Waals surface area contributed by atoms with Gasteiger partial charge in [0.15, 0.2) is 5.78 Å². The lowest BCUT2D eigenvalue weighted by atomic mass is 9.77. The maximum absolute atomic E-state index is 13.5. The standard InChI is InChI=1S/C25H24O3S/c1-3-29-25(27)23(24(26)20-12-8-5-9-13-20)22(18-10-6-4-7-11-18)19-14-16-21(28-2)17-15-19/h4-17,22-23H,3H2,1-2H3. The average molecular weight is 405 g/mol. The van der Waals surface area contributed by atoms with Crippen molar-refractivity contribution in [3.05, 3.63) is 102 Å². The largest absolute Gasteiger partial charge is 0.497 e. The number of benzene rings is 3. The first-order valence-electron chi connectivity index (χ1n) is 9.60. The number of carbonyl (C=O) groups excluding carboxylic acids is 2. The van der Waals surface area contributed by atoms with Gasteiger partial charge >= 0.3 is 0 Å². The number of hydrogen-bond acceptors (Lipinski definition) is 4. The van der Waals surface area contributed by atoms with Gasteiger partial charge in [-0.15, -0.1) is 0 Å². The minimum absolute atomic E-state index is 0.106. The highest BCUT2D eigenvalue weighted by Gasteiger charge is 2.37. The van der Waals surface area contributed by atoms with Crippen LogP contribution in [0.15, 0.2) is 84.9 Å². The highest BCUT2D eigenvalue weighted by molar-refractivity contribution is 8.13. The van der Waals surface area contributed by atoms with Crippen LogP contribution in [0.3, 0.4) is 0 Å². The van der Waals surface area contributed by atoms with E-state index in [1.807, 2.05) is 79.7 Å². The molecule has 4 heteroatoms. The molecule has 3 rings (SSSR count). The molecule has 0 aromatic heterocycles. The van der Waals surface area contributed by atoms with Crippen LogP contribution in [0.5, 0.6) is 5.75 Å². The number of Topliss-reactive ketones (excluding diaryl/α,β-unsaturated/α-hetero) is 1. The van der Waals surface area contributed by atoms with Crippen LogP contribution < -0.4 is 4.74 Å². The Morgan fingerprint density at radius 1 is 0.828 bits per heavy atom. The van der Waals surface area contributed by atoms with Crippen molar-refractivity contribution in [3.8, 4) is 5.75 Å². The van der Waals surface area contributed by atoms with E-state index in [0.29, 0.717) is 11.3 Å². The molecule has 3 nitrogen and oxygen atoms in total. The van der Waals surface area contributed by atoms with Crippen molar-refractivity contribution in [1.29, 1.82) is 0 Å². The highest BCUT2D eigenvalue weighted by atomic mass is 32.2. The van der Waals surface area contributed by atoms with Crippen molar-refractivity contribution in [2.24, 2.45) is 5.92 Å². The van der Waals surface area contributed by atoms with Gasteiger partial charge in [-0.3, -0.25) is 9.59 Å². The van der Waals surface area contributed by atoms with E-state index in [4.69, 9.17) is 4.74 Å². The molecule has 3 aromatic rings. The lowest BCUT2D eigenvalue weighted by Crippen LogP contribution is -2.30. The van der Waals surface area contributed by atoms with E-state index in [1.54, 1.807) is 19.2 Å². The first-order chi connectivity index (χ1) is 14.2. The molecule has 29 heavy (non-hydrogen) atoms. The normalized spacial score (nSPS) is 12.8. The maximum Gasteiger partial charge on any atom is 0.200 e. The molecule has 3 aromatic carbocycles. The molecule has 2 unspecified atom stereocenters. The van der Waals surface area contributed by atoms with E-state index in [1.165, 1.54) is 11.8 Å². The Labute approximate surface area is 176 Å². The van der Waals surface area contributed by atoms with Crippen LogP contribution in [-0.2, 0) is 4.79 Å². The summed E-state index contributed by atoms with van der Waals surface area (Å²) in [4.78, 5) is 26.7. The predicted octanol–water partition coefficient (Wildman–Crippen LogP) is 5.61. The smallest absolute Gasteiger partial charge is 0.200 e. The molecule has 0 fully saturated rings. The minimum Gasteiger partial charge on any atom is -0.497 e. The number of carbonyl (C=O) groups is 2. The zero-order valence-electron chi connectivity index (χ0n) is 16.6. The summed E-state index contributed by atoms with van der Waals surface area (Å²) in [5.74, 6) is 0.0307. The molecular formula is C25H24O3S. The molecule has 0 heterocycles. The van der Waals surface area contributed by atoms with Gasteiger partial charge in [-0.05, 0) is 29.0 Å². The van der Waals surface area contributed by atoms with Gasteiger partial charge in [0.25, 0.3) is 0 Å². The second kappa shape index (κ2) is 10.1. The van der Waals surface area contributed by atoms with Gasteiger partial charge in [-0.1, -0.05) is 91.5 Å². The van der Waals surface area contributed by atoms with Crippen molar-refractivity contribution in [2.45, 2.75) is 12.8 Å². The van der Waals surface area contributed by atoms with Crippen LogP contribution in [0.2, 0.25) is 0 Å². The topological polar surface area (TPSA) is 43.4 Å². The summed E-state index contributed by atoms with van der Waals surface area (Å²) >= 11 is 1.20. The number of ketones is 1. The summed E-state index contributed by atoms with van der Waals surface area (Å²) in [6.07, 6.45) is 0. The molecule has 0 bridgehead atoms. The zero-order chi connectivity index (χ0) is 20.6. The zero-order valence-corrected chi connectivity index (χ0v) is 17.4. The second-order valence-electron chi connectivity index (χ2n) is 6.62. The number of hydrogen-bond donors (Lipinski definition) is 0. The number of ether oxygens (including phenoxy) is 1. The van der Waals surface area contributed by atoms with Gasteiger partial charge in [0, 0.05) is 11.5 Å². The third-order valence-electron chi connectivity index (χ3n) is 4.85.